The highest BCUT2D eigenvalue weighted by atomic mass is 15.1. The normalized spacial score (nSPS) is 10.1. The fourth-order valence-corrected chi connectivity index (χ4v) is 0.522. The molecule has 1 aromatic heterocycles. The van der Waals surface area contributed by atoms with Gasteiger partial charge in [-0.2, -0.15) is 5.10 Å². The van der Waals surface area contributed by atoms with E-state index in [1.54, 1.807) is 12.4 Å². The van der Waals surface area contributed by atoms with Crippen LogP contribution in [0.4, 0.5) is 0 Å². The molecular weight excluding hydrogens is 114 g/mol. The molecule has 1 heterocycles. The molecule has 1 aromatic rings. The van der Waals surface area contributed by atoms with Crippen LogP contribution in [0.3, 0.4) is 0 Å². The highest BCUT2D eigenvalue weighted by Gasteiger charge is 1.98. The van der Waals surface area contributed by atoms with Crippen molar-refractivity contribution >= 4 is 0 Å². The van der Waals surface area contributed by atoms with E-state index in [0.717, 1.165) is 5.82 Å². The zero-order chi connectivity index (χ0) is 6.69. The van der Waals surface area contributed by atoms with Crippen LogP contribution >= 0.6 is 0 Å². The molecule has 0 atom stereocenters. The topological polar surface area (TPSA) is 38.7 Å². The van der Waals surface area contributed by atoms with Crippen LogP contribution in [0.15, 0.2) is 12.4 Å². The van der Waals surface area contributed by atoms with E-state index in [2.05, 4.69) is 15.2 Å². The third kappa shape index (κ3) is 1.45. The molecule has 3 nitrogen and oxygen atoms in total. The van der Waals surface area contributed by atoms with Gasteiger partial charge in [-0.1, -0.05) is 13.8 Å². The van der Waals surface area contributed by atoms with Gasteiger partial charge in [0.1, 0.15) is 0 Å². The molecule has 0 saturated carbocycles. The molecule has 0 bridgehead atoms. The Morgan fingerprint density at radius 3 is 2.44 bits per heavy atom. The highest BCUT2D eigenvalue weighted by molar-refractivity contribution is 4.87. The average molecular weight is 123 g/mol. The summed E-state index contributed by atoms with van der Waals surface area (Å²) in [6, 6.07) is 0. The van der Waals surface area contributed by atoms with Crippen LogP contribution in [0, 0.1) is 0 Å². The van der Waals surface area contributed by atoms with E-state index in [1.165, 1.54) is 0 Å². The van der Waals surface area contributed by atoms with Gasteiger partial charge < -0.3 is 0 Å². The smallest absolute Gasteiger partial charge is 0.153 e. The molecule has 48 valence electrons. The molecular formula is C6H9N3. The van der Waals surface area contributed by atoms with Gasteiger partial charge in [-0.3, -0.25) is 0 Å². The number of hydrogen-bond acceptors (Lipinski definition) is 3. The maximum absolute atomic E-state index is 4.00. The van der Waals surface area contributed by atoms with Gasteiger partial charge >= 0.3 is 0 Å². The molecule has 9 heavy (non-hydrogen) atoms. The Balaban J connectivity index is 2.85. The van der Waals surface area contributed by atoms with Crippen molar-refractivity contribution in [1.82, 2.24) is 15.2 Å². The summed E-state index contributed by atoms with van der Waals surface area (Å²) in [6.45, 7) is 4.08. The lowest BCUT2D eigenvalue weighted by atomic mass is 10.2. The van der Waals surface area contributed by atoms with Crippen molar-refractivity contribution in [1.29, 1.82) is 0 Å². The first kappa shape index (κ1) is 6.13. The Labute approximate surface area is 54.2 Å². The predicted molar refractivity (Wildman–Crippen MR) is 33.9 cm³/mol. The van der Waals surface area contributed by atoms with Gasteiger partial charge in [-0.25, -0.2) is 4.98 Å². The molecule has 3 heteroatoms. The van der Waals surface area contributed by atoms with Crippen molar-refractivity contribution in [3.8, 4) is 0 Å². The molecule has 0 fully saturated rings. The van der Waals surface area contributed by atoms with Crippen molar-refractivity contribution in [2.75, 3.05) is 0 Å². The molecule has 0 saturated heterocycles. The lowest BCUT2D eigenvalue weighted by molar-refractivity contribution is 0.735. The van der Waals surface area contributed by atoms with Crippen LogP contribution in [0.25, 0.3) is 0 Å². The minimum atomic E-state index is 0.374. The first-order valence-corrected chi connectivity index (χ1v) is 2.94. The van der Waals surface area contributed by atoms with Gasteiger partial charge in [0.05, 0.1) is 6.20 Å². The molecule has 0 amide bonds. The summed E-state index contributed by atoms with van der Waals surface area (Å²) in [5.74, 6) is 1.18. The van der Waals surface area contributed by atoms with E-state index in [0.29, 0.717) is 5.92 Å². The van der Waals surface area contributed by atoms with E-state index >= 15 is 0 Å². The second-order valence-electron chi connectivity index (χ2n) is 2.16. The SMILES string of the molecule is CC(C)c1nccnn1. The molecule has 1 rings (SSSR count). The Morgan fingerprint density at radius 1 is 1.33 bits per heavy atom. The minimum absolute atomic E-state index is 0.374. The summed E-state index contributed by atoms with van der Waals surface area (Å²) in [7, 11) is 0. The van der Waals surface area contributed by atoms with Crippen molar-refractivity contribution in [3.63, 3.8) is 0 Å². The van der Waals surface area contributed by atoms with Gasteiger partial charge in [-0.15, -0.1) is 5.10 Å². The fourth-order valence-electron chi connectivity index (χ4n) is 0.522. The Kier molecular flexibility index (Phi) is 1.72. The fraction of sp³-hybridized carbons (Fsp3) is 0.500. The molecule has 0 spiro atoms. The largest absolute Gasteiger partial charge is 0.238 e. The standard InChI is InChI=1S/C6H9N3/c1-5(2)6-7-3-4-8-9-6/h3-5H,1-2H3. The van der Waals surface area contributed by atoms with Gasteiger partial charge in [0.15, 0.2) is 5.82 Å². The summed E-state index contributed by atoms with van der Waals surface area (Å²) in [6.07, 6.45) is 3.23. The van der Waals surface area contributed by atoms with E-state index in [4.69, 9.17) is 0 Å². The Bertz CT molecular complexity index is 171. The average Bonchev–Trinajstić information content (AvgIpc) is 1.90. The monoisotopic (exact) mass is 123 g/mol. The zero-order valence-corrected chi connectivity index (χ0v) is 5.57. The third-order valence-electron chi connectivity index (χ3n) is 1.02. The molecule has 0 N–H and O–H groups in total. The lowest BCUT2D eigenvalue weighted by Gasteiger charge is -1.97. The molecule has 0 radical (unpaired) electrons. The van der Waals surface area contributed by atoms with Gasteiger partial charge in [0.25, 0.3) is 0 Å². The maximum Gasteiger partial charge on any atom is 0.153 e. The zero-order valence-electron chi connectivity index (χ0n) is 5.57. The van der Waals surface area contributed by atoms with E-state index < -0.39 is 0 Å². The Morgan fingerprint density at radius 2 is 2.11 bits per heavy atom. The molecule has 0 unspecified atom stereocenters. The lowest BCUT2D eigenvalue weighted by Crippen LogP contribution is -1.96. The van der Waals surface area contributed by atoms with Crippen molar-refractivity contribution < 1.29 is 0 Å². The van der Waals surface area contributed by atoms with Crippen LogP contribution in [-0.4, -0.2) is 15.2 Å². The predicted octanol–water partition coefficient (Wildman–Crippen LogP) is 0.995. The van der Waals surface area contributed by atoms with Gasteiger partial charge in [-0.05, 0) is 0 Å². The van der Waals surface area contributed by atoms with Crippen molar-refractivity contribution in [3.05, 3.63) is 18.2 Å². The number of nitrogens with zero attached hydrogens (tertiary/aromatic N) is 3. The summed E-state index contributed by atoms with van der Waals surface area (Å²) < 4.78 is 0. The quantitative estimate of drug-likeness (QED) is 0.559. The van der Waals surface area contributed by atoms with Crippen molar-refractivity contribution in [2.45, 2.75) is 19.8 Å². The second-order valence-corrected chi connectivity index (χ2v) is 2.16. The van der Waals surface area contributed by atoms with Crippen LogP contribution in [0.2, 0.25) is 0 Å². The van der Waals surface area contributed by atoms with Crippen LogP contribution in [0.1, 0.15) is 25.6 Å². The molecule has 0 aromatic carbocycles. The van der Waals surface area contributed by atoms with Crippen LogP contribution < -0.4 is 0 Å². The molecule has 0 aliphatic carbocycles. The second kappa shape index (κ2) is 2.53. The summed E-state index contributed by atoms with van der Waals surface area (Å²) in [5.41, 5.74) is 0. The van der Waals surface area contributed by atoms with Gasteiger partial charge in [0.2, 0.25) is 0 Å². The highest BCUT2D eigenvalue weighted by Crippen LogP contribution is 2.03. The first-order chi connectivity index (χ1) is 4.30. The minimum Gasteiger partial charge on any atom is -0.238 e. The van der Waals surface area contributed by atoms with Gasteiger partial charge in [0, 0.05) is 12.1 Å². The van der Waals surface area contributed by atoms with E-state index in [9.17, 15) is 0 Å². The van der Waals surface area contributed by atoms with Crippen molar-refractivity contribution in [2.24, 2.45) is 0 Å². The number of aromatic nitrogens is 3. The molecule has 0 aliphatic heterocycles. The van der Waals surface area contributed by atoms with E-state index in [1.807, 2.05) is 13.8 Å². The summed E-state index contributed by atoms with van der Waals surface area (Å²) in [4.78, 5) is 4.00. The first-order valence-electron chi connectivity index (χ1n) is 2.94. The van der Waals surface area contributed by atoms with Crippen LogP contribution in [0.5, 0.6) is 0 Å². The maximum atomic E-state index is 4.00. The number of rotatable bonds is 1. The number of hydrogen-bond donors (Lipinski definition) is 0. The summed E-state index contributed by atoms with van der Waals surface area (Å²) in [5, 5.41) is 7.51. The Hall–Kier alpha value is -0.990. The van der Waals surface area contributed by atoms with Crippen LogP contribution in [-0.2, 0) is 0 Å². The summed E-state index contributed by atoms with van der Waals surface area (Å²) >= 11 is 0. The molecule has 0 aliphatic rings. The third-order valence-corrected chi connectivity index (χ3v) is 1.02. The van der Waals surface area contributed by atoms with E-state index in [-0.39, 0.29) is 0 Å².